The highest BCUT2D eigenvalue weighted by atomic mass is 35.5. The SMILES string of the molecule is Clc1cccc(-c2cc(Cn3c(-c4cccnc4)nc4ccccc43)on2)c1. The van der Waals surface area contributed by atoms with Gasteiger partial charge < -0.3 is 9.09 Å². The normalized spacial score (nSPS) is 11.2. The lowest BCUT2D eigenvalue weighted by molar-refractivity contribution is 0.380. The molecule has 0 amide bonds. The number of benzene rings is 2. The number of pyridine rings is 1. The van der Waals surface area contributed by atoms with Gasteiger partial charge in [-0.2, -0.15) is 0 Å². The Bertz CT molecular complexity index is 1260. The standard InChI is InChI=1S/C22H15ClN4O/c23-17-7-3-5-15(11-17)20-12-18(28-26-20)14-27-21-9-2-1-8-19(21)25-22(27)16-6-4-10-24-13-16/h1-13H,14H2. The second-order valence-electron chi connectivity index (χ2n) is 6.44. The minimum atomic E-state index is 0.512. The van der Waals surface area contributed by atoms with E-state index in [-0.39, 0.29) is 0 Å². The number of para-hydroxylation sites is 2. The van der Waals surface area contributed by atoms with Gasteiger partial charge in [-0.1, -0.05) is 41.0 Å². The monoisotopic (exact) mass is 386 g/mol. The minimum absolute atomic E-state index is 0.512. The van der Waals surface area contributed by atoms with Gasteiger partial charge in [-0.15, -0.1) is 0 Å². The average molecular weight is 387 g/mol. The summed E-state index contributed by atoms with van der Waals surface area (Å²) in [5.41, 5.74) is 4.58. The molecule has 0 aliphatic rings. The van der Waals surface area contributed by atoms with Gasteiger partial charge in [0.25, 0.3) is 0 Å². The fraction of sp³-hybridized carbons (Fsp3) is 0.0455. The zero-order valence-electron chi connectivity index (χ0n) is 14.8. The molecule has 0 radical (unpaired) electrons. The van der Waals surface area contributed by atoms with Crippen molar-refractivity contribution in [2.24, 2.45) is 0 Å². The van der Waals surface area contributed by atoms with Crippen molar-refractivity contribution < 1.29 is 4.52 Å². The maximum Gasteiger partial charge on any atom is 0.157 e. The molecule has 0 atom stereocenters. The van der Waals surface area contributed by atoms with Crippen molar-refractivity contribution in [1.82, 2.24) is 19.7 Å². The van der Waals surface area contributed by atoms with E-state index in [1.807, 2.05) is 66.9 Å². The van der Waals surface area contributed by atoms with Crippen LogP contribution in [0.4, 0.5) is 0 Å². The molecule has 0 aliphatic carbocycles. The van der Waals surface area contributed by atoms with Crippen molar-refractivity contribution in [3.05, 3.63) is 89.9 Å². The van der Waals surface area contributed by atoms with Crippen molar-refractivity contribution >= 4 is 22.6 Å². The second-order valence-corrected chi connectivity index (χ2v) is 6.88. The number of fused-ring (bicyclic) bond motifs is 1. The fourth-order valence-corrected chi connectivity index (χ4v) is 3.47. The molecule has 6 heteroatoms. The number of halogens is 1. The molecule has 0 bridgehead atoms. The van der Waals surface area contributed by atoms with Crippen LogP contribution in [0.25, 0.3) is 33.7 Å². The lowest BCUT2D eigenvalue weighted by Gasteiger charge is -2.06. The van der Waals surface area contributed by atoms with Gasteiger partial charge in [-0.3, -0.25) is 4.98 Å². The molecule has 0 N–H and O–H groups in total. The molecule has 28 heavy (non-hydrogen) atoms. The van der Waals surface area contributed by atoms with Crippen LogP contribution in [0.5, 0.6) is 0 Å². The fourth-order valence-electron chi connectivity index (χ4n) is 3.28. The molecule has 0 saturated heterocycles. The Morgan fingerprint density at radius 2 is 1.82 bits per heavy atom. The summed E-state index contributed by atoms with van der Waals surface area (Å²) in [6.45, 7) is 0.512. The molecule has 136 valence electrons. The molecule has 3 heterocycles. The molecule has 0 fully saturated rings. The quantitative estimate of drug-likeness (QED) is 0.412. The predicted molar refractivity (Wildman–Crippen MR) is 109 cm³/mol. The van der Waals surface area contributed by atoms with E-state index in [4.69, 9.17) is 21.1 Å². The van der Waals surface area contributed by atoms with Gasteiger partial charge in [-0.25, -0.2) is 4.98 Å². The minimum Gasteiger partial charge on any atom is -0.359 e. The van der Waals surface area contributed by atoms with Crippen LogP contribution in [0, 0.1) is 0 Å². The van der Waals surface area contributed by atoms with E-state index in [1.54, 1.807) is 6.20 Å². The molecule has 0 aliphatic heterocycles. The first-order valence-electron chi connectivity index (χ1n) is 8.85. The zero-order valence-corrected chi connectivity index (χ0v) is 15.5. The summed E-state index contributed by atoms with van der Waals surface area (Å²) in [6.07, 6.45) is 3.57. The number of rotatable bonds is 4. The Morgan fingerprint density at radius 3 is 2.68 bits per heavy atom. The smallest absolute Gasteiger partial charge is 0.157 e. The maximum absolute atomic E-state index is 6.09. The lowest BCUT2D eigenvalue weighted by Crippen LogP contribution is -2.01. The van der Waals surface area contributed by atoms with Gasteiger partial charge in [0.05, 0.1) is 17.6 Å². The summed E-state index contributed by atoms with van der Waals surface area (Å²) in [7, 11) is 0. The first kappa shape index (κ1) is 16.7. The van der Waals surface area contributed by atoms with Crippen molar-refractivity contribution in [3.8, 4) is 22.6 Å². The highest BCUT2D eigenvalue weighted by Crippen LogP contribution is 2.27. The van der Waals surface area contributed by atoms with E-state index in [9.17, 15) is 0 Å². The van der Waals surface area contributed by atoms with Crippen LogP contribution in [0.15, 0.2) is 83.6 Å². The average Bonchev–Trinajstić information content (AvgIpc) is 3.34. The van der Waals surface area contributed by atoms with Gasteiger partial charge in [0.15, 0.2) is 5.76 Å². The van der Waals surface area contributed by atoms with Crippen LogP contribution in [0.3, 0.4) is 0 Å². The molecule has 0 spiro atoms. The van der Waals surface area contributed by atoms with Crippen molar-refractivity contribution in [3.63, 3.8) is 0 Å². The van der Waals surface area contributed by atoms with Crippen LogP contribution in [-0.2, 0) is 6.54 Å². The summed E-state index contributed by atoms with van der Waals surface area (Å²) in [6, 6.07) is 21.5. The lowest BCUT2D eigenvalue weighted by atomic mass is 10.1. The number of aromatic nitrogens is 4. The molecule has 5 nitrogen and oxygen atoms in total. The molecule has 3 aromatic heterocycles. The molecule has 0 unspecified atom stereocenters. The Balaban J connectivity index is 1.57. The Morgan fingerprint density at radius 1 is 0.929 bits per heavy atom. The third-order valence-electron chi connectivity index (χ3n) is 4.57. The van der Waals surface area contributed by atoms with E-state index >= 15 is 0 Å². The molecular formula is C22H15ClN4O. The number of imidazole rings is 1. The molecule has 2 aromatic carbocycles. The highest BCUT2D eigenvalue weighted by Gasteiger charge is 2.15. The highest BCUT2D eigenvalue weighted by molar-refractivity contribution is 6.30. The molecule has 5 aromatic rings. The summed E-state index contributed by atoms with van der Waals surface area (Å²) < 4.78 is 7.73. The van der Waals surface area contributed by atoms with Gasteiger partial charge in [0.1, 0.15) is 11.5 Å². The van der Waals surface area contributed by atoms with E-state index < -0.39 is 0 Å². The van der Waals surface area contributed by atoms with Gasteiger partial charge in [-0.05, 0) is 36.4 Å². The third-order valence-corrected chi connectivity index (χ3v) is 4.80. The summed E-state index contributed by atoms with van der Waals surface area (Å²) in [4.78, 5) is 9.03. The third kappa shape index (κ3) is 3.06. The Kier molecular flexibility index (Phi) is 4.14. The summed E-state index contributed by atoms with van der Waals surface area (Å²) in [5, 5.41) is 4.88. The van der Waals surface area contributed by atoms with E-state index in [1.165, 1.54) is 0 Å². The van der Waals surface area contributed by atoms with Crippen LogP contribution >= 0.6 is 11.6 Å². The number of nitrogens with zero attached hydrogens (tertiary/aromatic N) is 4. The molecule has 5 rings (SSSR count). The van der Waals surface area contributed by atoms with E-state index in [0.717, 1.165) is 39.4 Å². The number of hydrogen-bond donors (Lipinski definition) is 0. The van der Waals surface area contributed by atoms with Crippen LogP contribution in [0.2, 0.25) is 5.02 Å². The summed E-state index contributed by atoms with van der Waals surface area (Å²) >= 11 is 6.09. The zero-order chi connectivity index (χ0) is 18.9. The van der Waals surface area contributed by atoms with Crippen molar-refractivity contribution in [2.75, 3.05) is 0 Å². The predicted octanol–water partition coefficient (Wildman–Crippen LogP) is 5.46. The van der Waals surface area contributed by atoms with Crippen molar-refractivity contribution in [1.29, 1.82) is 0 Å². The first-order chi connectivity index (χ1) is 13.8. The van der Waals surface area contributed by atoms with E-state index in [0.29, 0.717) is 11.6 Å². The second kappa shape index (κ2) is 6.94. The van der Waals surface area contributed by atoms with Gasteiger partial charge in [0, 0.05) is 34.6 Å². The Hall–Kier alpha value is -3.44. The maximum atomic E-state index is 6.09. The molecular weight excluding hydrogens is 372 g/mol. The van der Waals surface area contributed by atoms with Gasteiger partial charge in [0.2, 0.25) is 0 Å². The largest absolute Gasteiger partial charge is 0.359 e. The van der Waals surface area contributed by atoms with Crippen LogP contribution < -0.4 is 0 Å². The summed E-state index contributed by atoms with van der Waals surface area (Å²) in [5.74, 6) is 1.58. The van der Waals surface area contributed by atoms with Gasteiger partial charge >= 0.3 is 0 Å². The topological polar surface area (TPSA) is 56.7 Å². The van der Waals surface area contributed by atoms with E-state index in [2.05, 4.69) is 20.8 Å². The van der Waals surface area contributed by atoms with Crippen LogP contribution in [-0.4, -0.2) is 19.7 Å². The van der Waals surface area contributed by atoms with Crippen molar-refractivity contribution in [2.45, 2.75) is 6.54 Å². The number of hydrogen-bond acceptors (Lipinski definition) is 4. The first-order valence-corrected chi connectivity index (χ1v) is 9.23. The Labute approximate surface area is 166 Å². The van der Waals surface area contributed by atoms with Crippen LogP contribution in [0.1, 0.15) is 5.76 Å². The molecule has 0 saturated carbocycles.